The van der Waals surface area contributed by atoms with Crippen molar-refractivity contribution in [2.45, 2.75) is 13.8 Å². The number of carbonyl (C=O) groups excluding carboxylic acids is 1. The Hall–Kier alpha value is -1.38. The third-order valence-electron chi connectivity index (χ3n) is 2.58. The lowest BCUT2D eigenvalue weighted by molar-refractivity contribution is 0.112. The summed E-state index contributed by atoms with van der Waals surface area (Å²) < 4.78 is 2.87. The van der Waals surface area contributed by atoms with E-state index in [4.69, 9.17) is 6.57 Å². The standard InChI is InChI=1S/C12H9BrN2OS/c1-7-4-9(6-16)8(2)15(7)12-10(14-3)5-11(13)17-12/h4-6H,1-2H3. The number of thiophene rings is 1. The number of aldehydes is 1. The second kappa shape index (κ2) is 4.47. The van der Waals surface area contributed by atoms with Crippen LogP contribution in [0.2, 0.25) is 0 Å². The number of hydrogen-bond donors (Lipinski definition) is 0. The highest BCUT2D eigenvalue weighted by Gasteiger charge is 2.15. The van der Waals surface area contributed by atoms with Crippen LogP contribution in [0, 0.1) is 20.4 Å². The molecule has 0 aliphatic rings. The van der Waals surface area contributed by atoms with Gasteiger partial charge in [0.1, 0.15) is 5.00 Å². The molecule has 0 aromatic carbocycles. The Labute approximate surface area is 112 Å². The Balaban J connectivity index is 2.72. The van der Waals surface area contributed by atoms with E-state index >= 15 is 0 Å². The molecular formula is C12H9BrN2OS. The van der Waals surface area contributed by atoms with Crippen molar-refractivity contribution in [3.8, 4) is 5.00 Å². The van der Waals surface area contributed by atoms with Crippen molar-refractivity contribution in [1.82, 2.24) is 4.57 Å². The predicted molar refractivity (Wildman–Crippen MR) is 72.5 cm³/mol. The first-order valence-corrected chi connectivity index (χ1v) is 6.50. The number of rotatable bonds is 2. The van der Waals surface area contributed by atoms with Crippen LogP contribution in [-0.2, 0) is 0 Å². The van der Waals surface area contributed by atoms with Crippen LogP contribution < -0.4 is 0 Å². The zero-order chi connectivity index (χ0) is 12.6. The molecule has 0 amide bonds. The molecule has 3 nitrogen and oxygen atoms in total. The third-order valence-corrected chi connectivity index (χ3v) is 4.20. The Morgan fingerprint density at radius 1 is 1.47 bits per heavy atom. The summed E-state index contributed by atoms with van der Waals surface area (Å²) in [6.45, 7) is 11.0. The van der Waals surface area contributed by atoms with E-state index in [0.717, 1.165) is 26.5 Å². The van der Waals surface area contributed by atoms with E-state index in [9.17, 15) is 4.79 Å². The Morgan fingerprint density at radius 3 is 2.71 bits per heavy atom. The predicted octanol–water partition coefficient (Wildman–Crippen LogP) is 4.28. The van der Waals surface area contributed by atoms with Gasteiger partial charge in [0.05, 0.1) is 10.4 Å². The van der Waals surface area contributed by atoms with E-state index in [0.29, 0.717) is 11.3 Å². The molecule has 2 rings (SSSR count). The molecule has 0 N–H and O–H groups in total. The lowest BCUT2D eigenvalue weighted by Crippen LogP contribution is -1.96. The molecule has 0 fully saturated rings. The lowest BCUT2D eigenvalue weighted by atomic mass is 10.3. The molecule has 0 aliphatic heterocycles. The summed E-state index contributed by atoms with van der Waals surface area (Å²) >= 11 is 4.88. The van der Waals surface area contributed by atoms with Gasteiger partial charge in [-0.1, -0.05) is 0 Å². The molecule has 2 aromatic heterocycles. The van der Waals surface area contributed by atoms with E-state index in [1.54, 1.807) is 6.07 Å². The largest absolute Gasteiger partial charge is 0.318 e. The van der Waals surface area contributed by atoms with Crippen LogP contribution in [0.5, 0.6) is 0 Å². The molecule has 0 unspecified atom stereocenters. The Bertz CT molecular complexity index is 634. The highest BCUT2D eigenvalue weighted by molar-refractivity contribution is 9.11. The van der Waals surface area contributed by atoms with Gasteiger partial charge in [-0.2, -0.15) is 0 Å². The van der Waals surface area contributed by atoms with E-state index < -0.39 is 0 Å². The molecule has 5 heteroatoms. The number of hydrogen-bond acceptors (Lipinski definition) is 2. The van der Waals surface area contributed by atoms with Gasteiger partial charge in [0, 0.05) is 17.0 Å². The van der Waals surface area contributed by atoms with Gasteiger partial charge in [-0.25, -0.2) is 4.85 Å². The number of halogens is 1. The van der Waals surface area contributed by atoms with Crippen LogP contribution in [0.3, 0.4) is 0 Å². The van der Waals surface area contributed by atoms with Gasteiger partial charge < -0.3 is 4.57 Å². The summed E-state index contributed by atoms with van der Waals surface area (Å²) in [6, 6.07) is 3.64. The van der Waals surface area contributed by atoms with Crippen LogP contribution >= 0.6 is 27.3 Å². The Kier molecular flexibility index (Phi) is 3.18. The third kappa shape index (κ3) is 1.94. The zero-order valence-corrected chi connectivity index (χ0v) is 11.7. The minimum absolute atomic E-state index is 0.598. The first kappa shape index (κ1) is 12.1. The number of nitrogens with zero attached hydrogens (tertiary/aromatic N) is 2. The average molecular weight is 309 g/mol. The minimum Gasteiger partial charge on any atom is -0.318 e. The molecule has 0 bridgehead atoms. The van der Waals surface area contributed by atoms with Crippen LogP contribution in [-0.4, -0.2) is 10.9 Å². The maximum atomic E-state index is 10.9. The van der Waals surface area contributed by atoms with Crippen LogP contribution in [0.1, 0.15) is 21.7 Å². The molecular weight excluding hydrogens is 300 g/mol. The van der Waals surface area contributed by atoms with Gasteiger partial charge in [0.2, 0.25) is 5.69 Å². The van der Waals surface area contributed by atoms with Crippen molar-refractivity contribution >= 4 is 39.2 Å². The average Bonchev–Trinajstić information content (AvgIpc) is 2.79. The molecule has 0 saturated carbocycles. The van der Waals surface area contributed by atoms with Gasteiger partial charge in [-0.3, -0.25) is 4.79 Å². The van der Waals surface area contributed by atoms with Gasteiger partial charge in [-0.15, -0.1) is 11.3 Å². The molecule has 0 atom stereocenters. The first-order chi connectivity index (χ1) is 8.08. The molecule has 17 heavy (non-hydrogen) atoms. The fraction of sp³-hybridized carbons (Fsp3) is 0.167. The summed E-state index contributed by atoms with van der Waals surface area (Å²) in [4.78, 5) is 14.4. The molecule has 86 valence electrons. The lowest BCUT2D eigenvalue weighted by Gasteiger charge is -2.07. The van der Waals surface area contributed by atoms with Crippen LogP contribution in [0.25, 0.3) is 9.85 Å². The van der Waals surface area contributed by atoms with E-state index in [1.165, 1.54) is 11.3 Å². The monoisotopic (exact) mass is 308 g/mol. The molecule has 0 aliphatic carbocycles. The minimum atomic E-state index is 0.598. The van der Waals surface area contributed by atoms with Gasteiger partial charge in [0.25, 0.3) is 0 Å². The van der Waals surface area contributed by atoms with Crippen LogP contribution in [0.15, 0.2) is 15.9 Å². The van der Waals surface area contributed by atoms with Crippen LogP contribution in [0.4, 0.5) is 5.69 Å². The van der Waals surface area contributed by atoms with Gasteiger partial charge >= 0.3 is 0 Å². The summed E-state index contributed by atoms with van der Waals surface area (Å²) in [7, 11) is 0. The quantitative estimate of drug-likeness (QED) is 0.600. The van der Waals surface area contributed by atoms with Gasteiger partial charge in [0.15, 0.2) is 6.29 Å². The van der Waals surface area contributed by atoms with E-state index in [2.05, 4.69) is 20.8 Å². The van der Waals surface area contributed by atoms with E-state index in [1.807, 2.05) is 24.5 Å². The molecule has 2 aromatic rings. The number of aromatic nitrogens is 1. The second-order valence-corrected chi connectivity index (χ2v) is 6.04. The maximum Gasteiger partial charge on any atom is 0.222 e. The van der Waals surface area contributed by atoms with Gasteiger partial charge in [-0.05, 0) is 41.9 Å². The first-order valence-electron chi connectivity index (χ1n) is 4.89. The normalized spacial score (nSPS) is 10.2. The number of aryl methyl sites for hydroxylation is 1. The fourth-order valence-corrected chi connectivity index (χ4v) is 3.42. The van der Waals surface area contributed by atoms with Crippen molar-refractivity contribution in [2.75, 3.05) is 0 Å². The van der Waals surface area contributed by atoms with Crippen molar-refractivity contribution < 1.29 is 4.79 Å². The van der Waals surface area contributed by atoms with Crippen molar-refractivity contribution in [1.29, 1.82) is 0 Å². The summed E-state index contributed by atoms with van der Waals surface area (Å²) in [5.74, 6) is 0. The molecule has 2 heterocycles. The maximum absolute atomic E-state index is 10.9. The molecule has 0 spiro atoms. The molecule has 0 saturated heterocycles. The number of carbonyl (C=O) groups is 1. The topological polar surface area (TPSA) is 26.4 Å². The zero-order valence-electron chi connectivity index (χ0n) is 9.32. The van der Waals surface area contributed by atoms with Crippen molar-refractivity contribution in [3.63, 3.8) is 0 Å². The fourth-order valence-electron chi connectivity index (χ4n) is 1.80. The Morgan fingerprint density at radius 2 is 2.18 bits per heavy atom. The highest BCUT2D eigenvalue weighted by Crippen LogP contribution is 2.38. The summed E-state index contributed by atoms with van der Waals surface area (Å²) in [5, 5.41) is 0.856. The smallest absolute Gasteiger partial charge is 0.222 e. The second-order valence-electron chi connectivity index (χ2n) is 3.63. The summed E-state index contributed by atoms with van der Waals surface area (Å²) in [5.41, 5.74) is 3.10. The molecule has 0 radical (unpaired) electrons. The summed E-state index contributed by atoms with van der Waals surface area (Å²) in [6.07, 6.45) is 0.846. The van der Waals surface area contributed by atoms with Crippen molar-refractivity contribution in [3.05, 3.63) is 44.3 Å². The van der Waals surface area contributed by atoms with Crippen molar-refractivity contribution in [2.24, 2.45) is 0 Å². The SMILES string of the molecule is [C-]#[N+]c1cc(Br)sc1-n1c(C)cc(C=O)c1C. The highest BCUT2D eigenvalue weighted by atomic mass is 79.9. The van der Waals surface area contributed by atoms with E-state index in [-0.39, 0.29) is 0 Å².